The van der Waals surface area contributed by atoms with Crippen LogP contribution in [-0.4, -0.2) is 26.3 Å². The highest BCUT2D eigenvalue weighted by Gasteiger charge is 2.12. The Hall–Kier alpha value is -1.39. The zero-order valence-electron chi connectivity index (χ0n) is 10.4. The average Bonchev–Trinajstić information content (AvgIpc) is 2.38. The number of hydrogen-bond donors (Lipinski definition) is 0. The van der Waals surface area contributed by atoms with Crippen molar-refractivity contribution in [3.05, 3.63) is 35.4 Å². The molecule has 0 radical (unpaired) electrons. The summed E-state index contributed by atoms with van der Waals surface area (Å²) in [7, 11) is 1.36. The second-order valence-corrected chi connectivity index (χ2v) is 3.36. The van der Waals surface area contributed by atoms with Crippen LogP contribution >= 0.6 is 0 Å². The average molecular weight is 238 g/mol. The van der Waals surface area contributed by atoms with Crippen LogP contribution in [0.15, 0.2) is 24.3 Å². The Kier molecular flexibility index (Phi) is 5.66. The highest BCUT2D eigenvalue weighted by Crippen LogP contribution is 2.19. The maximum absolute atomic E-state index is 11.3. The van der Waals surface area contributed by atoms with E-state index >= 15 is 0 Å². The fraction of sp³-hybridized carbons (Fsp3) is 0.462. The maximum Gasteiger partial charge on any atom is 0.337 e. The monoisotopic (exact) mass is 238 g/mol. The number of esters is 1. The minimum Gasteiger partial charge on any atom is -0.465 e. The molecule has 0 unspecified atom stereocenters. The number of carbonyl (C=O) groups excluding carboxylic acids is 1. The number of rotatable bonds is 6. The van der Waals surface area contributed by atoms with E-state index in [1.54, 1.807) is 12.1 Å². The molecular formula is C13H18O4. The van der Waals surface area contributed by atoms with Crippen molar-refractivity contribution in [2.75, 3.05) is 20.3 Å². The van der Waals surface area contributed by atoms with Gasteiger partial charge < -0.3 is 14.2 Å². The Bertz CT molecular complexity index is 339. The fourth-order valence-corrected chi connectivity index (χ4v) is 1.44. The van der Waals surface area contributed by atoms with Crippen molar-refractivity contribution in [1.29, 1.82) is 0 Å². The number of ether oxygens (including phenoxy) is 3. The van der Waals surface area contributed by atoms with E-state index in [1.807, 2.05) is 26.0 Å². The lowest BCUT2D eigenvalue weighted by atomic mass is 10.1. The van der Waals surface area contributed by atoms with Crippen molar-refractivity contribution in [2.24, 2.45) is 0 Å². The van der Waals surface area contributed by atoms with Crippen LogP contribution < -0.4 is 0 Å². The predicted molar refractivity (Wildman–Crippen MR) is 63.8 cm³/mol. The first-order chi connectivity index (χ1) is 8.22. The van der Waals surface area contributed by atoms with Gasteiger partial charge in [0.1, 0.15) is 0 Å². The number of methoxy groups -OCH3 is 1. The predicted octanol–water partition coefficient (Wildman–Crippen LogP) is 2.54. The SMILES string of the molecule is CCOC(OCC)c1ccc(C(=O)OC)cc1. The van der Waals surface area contributed by atoms with Crippen LogP contribution in [0.3, 0.4) is 0 Å². The van der Waals surface area contributed by atoms with Gasteiger partial charge in [0.15, 0.2) is 6.29 Å². The van der Waals surface area contributed by atoms with Crippen molar-refractivity contribution in [1.82, 2.24) is 0 Å². The van der Waals surface area contributed by atoms with E-state index in [-0.39, 0.29) is 12.3 Å². The third-order valence-electron chi connectivity index (χ3n) is 2.24. The summed E-state index contributed by atoms with van der Waals surface area (Å²) in [5, 5.41) is 0. The van der Waals surface area contributed by atoms with Crippen molar-refractivity contribution in [3.8, 4) is 0 Å². The van der Waals surface area contributed by atoms with Crippen molar-refractivity contribution < 1.29 is 19.0 Å². The summed E-state index contributed by atoms with van der Waals surface area (Å²) < 4.78 is 15.5. The molecule has 0 aliphatic carbocycles. The molecule has 4 nitrogen and oxygen atoms in total. The molecule has 0 amide bonds. The quantitative estimate of drug-likeness (QED) is 0.564. The molecule has 17 heavy (non-hydrogen) atoms. The number of carbonyl (C=O) groups is 1. The van der Waals surface area contributed by atoms with Gasteiger partial charge >= 0.3 is 5.97 Å². The Morgan fingerprint density at radius 1 is 1.12 bits per heavy atom. The molecule has 0 saturated carbocycles. The Morgan fingerprint density at radius 2 is 1.65 bits per heavy atom. The molecule has 0 spiro atoms. The summed E-state index contributed by atoms with van der Waals surface area (Å²) in [6.07, 6.45) is -0.378. The third kappa shape index (κ3) is 3.84. The maximum atomic E-state index is 11.3. The molecule has 0 fully saturated rings. The first-order valence-electron chi connectivity index (χ1n) is 5.64. The Balaban J connectivity index is 2.80. The number of benzene rings is 1. The van der Waals surface area contributed by atoms with Crippen LogP contribution in [-0.2, 0) is 14.2 Å². The fourth-order valence-electron chi connectivity index (χ4n) is 1.44. The van der Waals surface area contributed by atoms with Crippen molar-refractivity contribution >= 4 is 5.97 Å². The van der Waals surface area contributed by atoms with Gasteiger partial charge in [-0.05, 0) is 26.0 Å². The summed E-state index contributed by atoms with van der Waals surface area (Å²) in [5.74, 6) is -0.346. The summed E-state index contributed by atoms with van der Waals surface area (Å²) in [6.45, 7) is 4.97. The molecule has 0 atom stereocenters. The van der Waals surface area contributed by atoms with Gasteiger partial charge in [0.05, 0.1) is 12.7 Å². The van der Waals surface area contributed by atoms with Crippen LogP contribution in [0.2, 0.25) is 0 Å². The second kappa shape index (κ2) is 7.04. The molecular weight excluding hydrogens is 220 g/mol. The van der Waals surface area contributed by atoms with Gasteiger partial charge in [0, 0.05) is 18.8 Å². The highest BCUT2D eigenvalue weighted by atomic mass is 16.7. The van der Waals surface area contributed by atoms with Gasteiger partial charge in [-0.15, -0.1) is 0 Å². The molecule has 0 aliphatic rings. The molecule has 0 heterocycles. The minimum atomic E-state index is -0.378. The van der Waals surface area contributed by atoms with Crippen molar-refractivity contribution in [3.63, 3.8) is 0 Å². The van der Waals surface area contributed by atoms with Gasteiger partial charge in [-0.3, -0.25) is 0 Å². The third-order valence-corrected chi connectivity index (χ3v) is 2.24. The van der Waals surface area contributed by atoms with Gasteiger partial charge in [0.2, 0.25) is 0 Å². The van der Waals surface area contributed by atoms with E-state index < -0.39 is 0 Å². The normalized spacial score (nSPS) is 10.6. The Morgan fingerprint density at radius 3 is 2.06 bits per heavy atom. The Labute approximate surface area is 101 Å². The lowest BCUT2D eigenvalue weighted by Gasteiger charge is -2.17. The summed E-state index contributed by atoms with van der Waals surface area (Å²) in [4.78, 5) is 11.3. The zero-order chi connectivity index (χ0) is 12.7. The first kappa shape index (κ1) is 13.7. The van der Waals surface area contributed by atoms with Crippen LogP contribution in [0.1, 0.15) is 36.1 Å². The zero-order valence-corrected chi connectivity index (χ0v) is 10.4. The van der Waals surface area contributed by atoms with Gasteiger partial charge in [0.25, 0.3) is 0 Å². The molecule has 1 aromatic rings. The largest absolute Gasteiger partial charge is 0.465 e. The molecule has 1 aromatic carbocycles. The molecule has 0 aliphatic heterocycles. The van der Waals surface area contributed by atoms with Gasteiger partial charge in [-0.2, -0.15) is 0 Å². The number of hydrogen-bond acceptors (Lipinski definition) is 4. The lowest BCUT2D eigenvalue weighted by Crippen LogP contribution is -2.09. The van der Waals surface area contributed by atoms with Crippen LogP contribution in [0.5, 0.6) is 0 Å². The van der Waals surface area contributed by atoms with Crippen molar-refractivity contribution in [2.45, 2.75) is 20.1 Å². The molecule has 0 N–H and O–H groups in total. The molecule has 0 aromatic heterocycles. The van der Waals surface area contributed by atoms with Crippen LogP contribution in [0, 0.1) is 0 Å². The van der Waals surface area contributed by atoms with E-state index in [9.17, 15) is 4.79 Å². The van der Waals surface area contributed by atoms with E-state index in [2.05, 4.69) is 4.74 Å². The van der Waals surface area contributed by atoms with Crippen LogP contribution in [0.4, 0.5) is 0 Å². The van der Waals surface area contributed by atoms with Gasteiger partial charge in [-0.1, -0.05) is 12.1 Å². The summed E-state index contributed by atoms with van der Waals surface area (Å²) >= 11 is 0. The van der Waals surface area contributed by atoms with E-state index in [0.29, 0.717) is 18.8 Å². The van der Waals surface area contributed by atoms with E-state index in [4.69, 9.17) is 9.47 Å². The highest BCUT2D eigenvalue weighted by molar-refractivity contribution is 5.89. The molecule has 0 saturated heterocycles. The smallest absolute Gasteiger partial charge is 0.337 e. The standard InChI is InChI=1S/C13H18O4/c1-4-16-13(17-5-2)11-8-6-10(7-9-11)12(14)15-3/h6-9,13H,4-5H2,1-3H3. The second-order valence-electron chi connectivity index (χ2n) is 3.36. The molecule has 4 heteroatoms. The first-order valence-corrected chi connectivity index (χ1v) is 5.64. The molecule has 94 valence electrons. The van der Waals surface area contributed by atoms with Gasteiger partial charge in [-0.25, -0.2) is 4.79 Å². The van der Waals surface area contributed by atoms with Crippen LogP contribution in [0.25, 0.3) is 0 Å². The topological polar surface area (TPSA) is 44.8 Å². The summed E-state index contributed by atoms with van der Waals surface area (Å²) in [6, 6.07) is 7.02. The lowest BCUT2D eigenvalue weighted by molar-refractivity contribution is -0.140. The van der Waals surface area contributed by atoms with E-state index in [0.717, 1.165) is 5.56 Å². The van der Waals surface area contributed by atoms with E-state index in [1.165, 1.54) is 7.11 Å². The molecule has 1 rings (SSSR count). The molecule has 0 bridgehead atoms. The minimum absolute atomic E-state index is 0.346. The summed E-state index contributed by atoms with van der Waals surface area (Å²) in [5.41, 5.74) is 1.41.